The van der Waals surface area contributed by atoms with Crippen LogP contribution in [0.2, 0.25) is 0 Å². The maximum atomic E-state index is 12.2. The molecule has 1 aliphatic heterocycles. The minimum atomic E-state index is 0.0520. The monoisotopic (exact) mass is 266 g/mol. The maximum absolute atomic E-state index is 12.2. The van der Waals surface area contributed by atoms with E-state index in [1.54, 1.807) is 11.3 Å². The van der Waals surface area contributed by atoms with Gasteiger partial charge in [-0.3, -0.25) is 4.79 Å². The number of carbonyl (C=O) groups excluding carboxylic acids is 1. The van der Waals surface area contributed by atoms with Crippen LogP contribution in [-0.2, 0) is 4.79 Å². The first kappa shape index (κ1) is 13.6. The van der Waals surface area contributed by atoms with Crippen LogP contribution in [0.5, 0.6) is 0 Å². The lowest BCUT2D eigenvalue weighted by Crippen LogP contribution is -2.51. The van der Waals surface area contributed by atoms with Gasteiger partial charge in [0.05, 0.1) is 6.04 Å². The first-order valence-corrected chi connectivity index (χ1v) is 7.37. The molecule has 0 radical (unpaired) electrons. The van der Waals surface area contributed by atoms with E-state index < -0.39 is 0 Å². The van der Waals surface area contributed by atoms with Gasteiger partial charge in [0, 0.05) is 28.3 Å². The van der Waals surface area contributed by atoms with Crippen molar-refractivity contribution < 1.29 is 4.79 Å². The first-order chi connectivity index (χ1) is 8.41. The zero-order valence-electron chi connectivity index (χ0n) is 11.6. The lowest BCUT2D eigenvalue weighted by Gasteiger charge is -2.42. The van der Waals surface area contributed by atoms with Gasteiger partial charge in [-0.15, -0.1) is 11.3 Å². The lowest BCUT2D eigenvalue weighted by molar-refractivity contribution is -0.139. The van der Waals surface area contributed by atoms with Gasteiger partial charge in [0.2, 0.25) is 5.91 Å². The fraction of sp³-hybridized carbons (Fsp3) is 0.643. The van der Waals surface area contributed by atoms with Crippen LogP contribution in [0.3, 0.4) is 0 Å². The Morgan fingerprint density at radius 3 is 2.61 bits per heavy atom. The van der Waals surface area contributed by atoms with Crippen LogP contribution in [0.15, 0.2) is 6.07 Å². The minimum absolute atomic E-state index is 0.0520. The molecule has 1 aliphatic rings. The number of amides is 1. The van der Waals surface area contributed by atoms with E-state index in [1.807, 2.05) is 4.90 Å². The van der Waals surface area contributed by atoms with E-state index in [0.717, 1.165) is 6.42 Å². The zero-order chi connectivity index (χ0) is 13.4. The number of hydrogen-bond acceptors (Lipinski definition) is 3. The van der Waals surface area contributed by atoms with Crippen molar-refractivity contribution in [1.29, 1.82) is 0 Å². The minimum Gasteiger partial charge on any atom is -0.332 e. The second-order valence-electron chi connectivity index (χ2n) is 5.41. The van der Waals surface area contributed by atoms with E-state index in [-0.39, 0.29) is 24.0 Å². The van der Waals surface area contributed by atoms with Crippen molar-refractivity contribution in [2.75, 3.05) is 0 Å². The van der Waals surface area contributed by atoms with E-state index in [2.05, 4.69) is 33.8 Å². The summed E-state index contributed by atoms with van der Waals surface area (Å²) in [5, 5.41) is 0. The van der Waals surface area contributed by atoms with Gasteiger partial charge in [-0.2, -0.15) is 0 Å². The molecule has 0 bridgehead atoms. The number of aryl methyl sites for hydroxylation is 2. The van der Waals surface area contributed by atoms with Crippen LogP contribution in [0.1, 0.15) is 48.0 Å². The van der Waals surface area contributed by atoms with Crippen LogP contribution >= 0.6 is 11.3 Å². The molecular weight excluding hydrogens is 244 g/mol. The van der Waals surface area contributed by atoms with Crippen molar-refractivity contribution in [2.45, 2.75) is 58.7 Å². The molecule has 0 aliphatic carbocycles. The van der Waals surface area contributed by atoms with E-state index in [9.17, 15) is 4.79 Å². The molecule has 2 unspecified atom stereocenters. The summed E-state index contributed by atoms with van der Waals surface area (Å²) in [7, 11) is 0. The van der Waals surface area contributed by atoms with Crippen LogP contribution in [0.25, 0.3) is 0 Å². The molecule has 0 aromatic carbocycles. The summed E-state index contributed by atoms with van der Waals surface area (Å²) >= 11 is 1.79. The van der Waals surface area contributed by atoms with Crippen molar-refractivity contribution in [3.8, 4) is 0 Å². The fourth-order valence-corrected chi connectivity index (χ4v) is 3.84. The number of hydrogen-bond donors (Lipinski definition) is 1. The Morgan fingerprint density at radius 1 is 1.44 bits per heavy atom. The number of rotatable bonds is 2. The lowest BCUT2D eigenvalue weighted by atomic mass is 9.89. The molecule has 2 rings (SSSR count). The Labute approximate surface area is 113 Å². The average Bonchev–Trinajstić information content (AvgIpc) is 2.60. The number of nitrogens with zero attached hydrogens (tertiary/aromatic N) is 1. The molecule has 1 aromatic rings. The van der Waals surface area contributed by atoms with Crippen molar-refractivity contribution in [3.63, 3.8) is 0 Å². The van der Waals surface area contributed by atoms with Crippen LogP contribution in [0, 0.1) is 13.8 Å². The molecule has 0 spiro atoms. The number of likely N-dealkylation sites (tertiary alicyclic amines) is 1. The van der Waals surface area contributed by atoms with Gasteiger partial charge in [0.15, 0.2) is 0 Å². The second kappa shape index (κ2) is 5.02. The highest BCUT2D eigenvalue weighted by Crippen LogP contribution is 2.37. The first-order valence-electron chi connectivity index (χ1n) is 6.55. The third-order valence-electron chi connectivity index (χ3n) is 3.64. The van der Waals surface area contributed by atoms with Crippen molar-refractivity contribution >= 4 is 17.2 Å². The smallest absolute Gasteiger partial charge is 0.223 e. The van der Waals surface area contributed by atoms with Gasteiger partial charge in [-0.1, -0.05) is 0 Å². The summed E-state index contributed by atoms with van der Waals surface area (Å²) in [5.41, 5.74) is 7.53. The zero-order valence-corrected chi connectivity index (χ0v) is 12.4. The van der Waals surface area contributed by atoms with Crippen LogP contribution in [-0.4, -0.2) is 22.9 Å². The predicted molar refractivity (Wildman–Crippen MR) is 75.7 cm³/mol. The van der Waals surface area contributed by atoms with Crippen LogP contribution in [0.4, 0.5) is 0 Å². The Kier molecular flexibility index (Phi) is 3.78. The van der Waals surface area contributed by atoms with Crippen molar-refractivity contribution in [3.05, 3.63) is 21.4 Å². The summed E-state index contributed by atoms with van der Waals surface area (Å²) in [6, 6.07) is 2.50. The van der Waals surface area contributed by atoms with Gasteiger partial charge in [-0.25, -0.2) is 0 Å². The summed E-state index contributed by atoms with van der Waals surface area (Å²) in [6.07, 6.45) is 1.37. The summed E-state index contributed by atoms with van der Waals surface area (Å²) in [6.45, 7) is 8.36. The maximum Gasteiger partial charge on any atom is 0.223 e. The van der Waals surface area contributed by atoms with E-state index in [0.29, 0.717) is 6.42 Å². The molecule has 0 saturated carbocycles. The Balaban J connectivity index is 2.42. The Bertz CT molecular complexity index is 453. The largest absolute Gasteiger partial charge is 0.332 e. The van der Waals surface area contributed by atoms with Crippen molar-refractivity contribution in [2.24, 2.45) is 5.73 Å². The highest BCUT2D eigenvalue weighted by atomic mass is 32.1. The topological polar surface area (TPSA) is 46.3 Å². The third-order valence-corrected chi connectivity index (χ3v) is 4.62. The van der Waals surface area contributed by atoms with E-state index in [4.69, 9.17) is 5.73 Å². The summed E-state index contributed by atoms with van der Waals surface area (Å²) in [4.78, 5) is 16.7. The molecule has 1 fully saturated rings. The highest BCUT2D eigenvalue weighted by Gasteiger charge is 2.37. The van der Waals surface area contributed by atoms with Crippen molar-refractivity contribution in [1.82, 2.24) is 4.90 Å². The molecule has 4 heteroatoms. The Morgan fingerprint density at radius 2 is 2.11 bits per heavy atom. The summed E-state index contributed by atoms with van der Waals surface area (Å²) in [5.74, 6) is 0.236. The average molecular weight is 266 g/mol. The standard InChI is InChI=1S/C14H22N2OS/c1-8(2)16-13(17)6-5-12(15)14(16)11-7-9(3)18-10(11)4/h7-8,12,14H,5-6,15H2,1-4H3. The predicted octanol–water partition coefficient (Wildman–Crippen LogP) is 2.76. The Hall–Kier alpha value is -0.870. The van der Waals surface area contributed by atoms with Gasteiger partial charge >= 0.3 is 0 Å². The number of nitrogens with two attached hydrogens (primary N) is 1. The highest BCUT2D eigenvalue weighted by molar-refractivity contribution is 7.12. The molecule has 2 heterocycles. The van der Waals surface area contributed by atoms with Gasteiger partial charge in [-0.05, 0) is 45.7 Å². The third kappa shape index (κ3) is 2.31. The fourth-order valence-electron chi connectivity index (χ4n) is 2.87. The molecule has 2 N–H and O–H groups in total. The second-order valence-corrected chi connectivity index (χ2v) is 6.87. The number of carbonyl (C=O) groups is 1. The normalized spacial score (nSPS) is 25.0. The quantitative estimate of drug-likeness (QED) is 0.894. The molecule has 1 saturated heterocycles. The molecular formula is C14H22N2OS. The molecule has 1 amide bonds. The van der Waals surface area contributed by atoms with E-state index in [1.165, 1.54) is 15.3 Å². The summed E-state index contributed by atoms with van der Waals surface area (Å²) < 4.78 is 0. The molecule has 100 valence electrons. The SMILES string of the molecule is Cc1cc(C2C(N)CCC(=O)N2C(C)C)c(C)s1. The molecule has 3 nitrogen and oxygen atoms in total. The van der Waals surface area contributed by atoms with Gasteiger partial charge in [0.1, 0.15) is 0 Å². The van der Waals surface area contributed by atoms with Gasteiger partial charge in [0.25, 0.3) is 0 Å². The van der Waals surface area contributed by atoms with E-state index >= 15 is 0 Å². The number of thiophene rings is 1. The molecule has 2 atom stereocenters. The molecule has 18 heavy (non-hydrogen) atoms. The van der Waals surface area contributed by atoms with Gasteiger partial charge < -0.3 is 10.6 Å². The molecule has 1 aromatic heterocycles. The van der Waals surface area contributed by atoms with Crippen LogP contribution < -0.4 is 5.73 Å². The number of piperidine rings is 1.